The van der Waals surface area contributed by atoms with E-state index in [0.717, 1.165) is 24.1 Å². The van der Waals surface area contributed by atoms with Gasteiger partial charge >= 0.3 is 0 Å². The molecule has 2 unspecified atom stereocenters. The van der Waals surface area contributed by atoms with E-state index >= 15 is 0 Å². The van der Waals surface area contributed by atoms with Crippen LogP contribution in [0.5, 0.6) is 0 Å². The maximum Gasteiger partial charge on any atom is 0.228 e. The van der Waals surface area contributed by atoms with Crippen molar-refractivity contribution >= 4 is 17.5 Å². The third-order valence-corrected chi connectivity index (χ3v) is 5.99. The minimum absolute atomic E-state index is 0.0536. The highest BCUT2D eigenvalue weighted by Crippen LogP contribution is 2.27. The Labute approximate surface area is 186 Å². The third-order valence-electron chi connectivity index (χ3n) is 5.99. The molecule has 1 aliphatic rings. The first-order chi connectivity index (χ1) is 14.8. The van der Waals surface area contributed by atoms with Gasteiger partial charge in [0.1, 0.15) is 0 Å². The number of amides is 2. The number of fused-ring (bicyclic) bond motifs is 1. The molecule has 0 aromatic heterocycles. The molecule has 2 N–H and O–H groups in total. The normalized spacial score (nSPS) is 15.0. The number of carbonyl (C=O) groups excluding carboxylic acids is 2. The SMILES string of the molecule is CC(C)CC(CC(=O)NCC(Cc1ccc2c(c1)CC(=O)N2)N(C)C)c1ccccc1. The maximum absolute atomic E-state index is 12.8. The second-order valence-electron chi connectivity index (χ2n) is 9.28. The first-order valence-corrected chi connectivity index (χ1v) is 11.2. The van der Waals surface area contributed by atoms with Gasteiger partial charge in [0.15, 0.2) is 0 Å². The molecule has 0 radical (unpaired) electrons. The molecule has 0 spiro atoms. The number of likely N-dealkylation sites (N-methyl/N-ethyl adjacent to an activating group) is 1. The van der Waals surface area contributed by atoms with Crippen LogP contribution in [0, 0.1) is 5.92 Å². The summed E-state index contributed by atoms with van der Waals surface area (Å²) in [5.74, 6) is 0.928. The lowest BCUT2D eigenvalue weighted by Crippen LogP contribution is -2.42. The van der Waals surface area contributed by atoms with Crippen LogP contribution in [0.2, 0.25) is 0 Å². The largest absolute Gasteiger partial charge is 0.355 e. The molecule has 3 rings (SSSR count). The van der Waals surface area contributed by atoms with Crippen LogP contribution in [0.15, 0.2) is 48.5 Å². The van der Waals surface area contributed by atoms with Crippen molar-refractivity contribution in [1.29, 1.82) is 0 Å². The average molecular weight is 422 g/mol. The van der Waals surface area contributed by atoms with Gasteiger partial charge in [0, 0.05) is 24.7 Å². The summed E-state index contributed by atoms with van der Waals surface area (Å²) >= 11 is 0. The van der Waals surface area contributed by atoms with Gasteiger partial charge in [-0.1, -0.05) is 56.3 Å². The molecule has 0 saturated heterocycles. The Morgan fingerprint density at radius 1 is 1.13 bits per heavy atom. The van der Waals surface area contributed by atoms with Crippen molar-refractivity contribution in [2.45, 2.75) is 51.5 Å². The van der Waals surface area contributed by atoms with Gasteiger partial charge in [-0.05, 0) is 61.5 Å². The Hall–Kier alpha value is -2.66. The van der Waals surface area contributed by atoms with Crippen molar-refractivity contribution in [2.24, 2.45) is 5.92 Å². The molecule has 2 amide bonds. The quantitative estimate of drug-likeness (QED) is 0.610. The lowest BCUT2D eigenvalue weighted by molar-refractivity contribution is -0.121. The Morgan fingerprint density at radius 3 is 2.55 bits per heavy atom. The maximum atomic E-state index is 12.8. The van der Waals surface area contributed by atoms with Crippen LogP contribution < -0.4 is 10.6 Å². The zero-order valence-corrected chi connectivity index (χ0v) is 19.2. The second-order valence-corrected chi connectivity index (χ2v) is 9.28. The summed E-state index contributed by atoms with van der Waals surface area (Å²) in [5, 5.41) is 6.05. The van der Waals surface area contributed by atoms with Gasteiger partial charge in [-0.15, -0.1) is 0 Å². The van der Waals surface area contributed by atoms with Crippen molar-refractivity contribution in [1.82, 2.24) is 10.2 Å². The van der Waals surface area contributed by atoms with E-state index in [2.05, 4.69) is 53.6 Å². The van der Waals surface area contributed by atoms with Crippen LogP contribution in [-0.2, 0) is 22.4 Å². The lowest BCUT2D eigenvalue weighted by Gasteiger charge is -2.26. The van der Waals surface area contributed by atoms with E-state index in [1.165, 1.54) is 11.1 Å². The smallest absolute Gasteiger partial charge is 0.228 e. The van der Waals surface area contributed by atoms with E-state index in [4.69, 9.17) is 0 Å². The summed E-state index contributed by atoms with van der Waals surface area (Å²) in [6.45, 7) is 5.01. The Bertz CT molecular complexity index is 893. The van der Waals surface area contributed by atoms with Crippen LogP contribution in [0.1, 0.15) is 49.3 Å². The minimum Gasteiger partial charge on any atom is -0.355 e. The summed E-state index contributed by atoms with van der Waals surface area (Å²) in [4.78, 5) is 26.6. The molecule has 0 fully saturated rings. The average Bonchev–Trinajstić information content (AvgIpc) is 3.10. The first-order valence-electron chi connectivity index (χ1n) is 11.2. The monoisotopic (exact) mass is 421 g/mol. The van der Waals surface area contributed by atoms with E-state index in [1.807, 2.05) is 38.4 Å². The van der Waals surface area contributed by atoms with E-state index in [1.54, 1.807) is 0 Å². The van der Waals surface area contributed by atoms with Gasteiger partial charge in [0.05, 0.1) is 6.42 Å². The summed E-state index contributed by atoms with van der Waals surface area (Å²) < 4.78 is 0. The van der Waals surface area contributed by atoms with Gasteiger partial charge in [-0.2, -0.15) is 0 Å². The molecule has 0 bridgehead atoms. The molecule has 2 atom stereocenters. The predicted molar refractivity (Wildman–Crippen MR) is 126 cm³/mol. The summed E-state index contributed by atoms with van der Waals surface area (Å²) in [6, 6.07) is 16.7. The number of nitrogens with zero attached hydrogens (tertiary/aromatic N) is 1. The fourth-order valence-electron chi connectivity index (χ4n) is 4.28. The van der Waals surface area contributed by atoms with Crippen molar-refractivity contribution < 1.29 is 9.59 Å². The zero-order chi connectivity index (χ0) is 22.4. The molecule has 1 aliphatic heterocycles. The van der Waals surface area contributed by atoms with Crippen molar-refractivity contribution in [3.05, 3.63) is 65.2 Å². The number of anilines is 1. The molecule has 5 heteroatoms. The van der Waals surface area contributed by atoms with Crippen LogP contribution >= 0.6 is 0 Å². The lowest BCUT2D eigenvalue weighted by atomic mass is 9.87. The highest BCUT2D eigenvalue weighted by atomic mass is 16.2. The molecule has 1 heterocycles. The summed E-state index contributed by atoms with van der Waals surface area (Å²) in [5.41, 5.74) is 4.39. The molecule has 5 nitrogen and oxygen atoms in total. The molecule has 0 aliphatic carbocycles. The Kier molecular flexibility index (Phi) is 7.85. The molecule has 166 valence electrons. The fraction of sp³-hybridized carbons (Fsp3) is 0.462. The Morgan fingerprint density at radius 2 is 1.87 bits per heavy atom. The van der Waals surface area contributed by atoms with Gasteiger partial charge in [0.25, 0.3) is 0 Å². The standard InChI is InChI=1S/C26H35N3O2/c1-18(2)12-21(20-8-6-5-7-9-20)15-25(30)27-17-23(29(3)4)14-19-10-11-24-22(13-19)16-26(31)28-24/h5-11,13,18,21,23H,12,14-17H2,1-4H3,(H,27,30)(H,28,31). The Balaban J connectivity index is 1.58. The minimum atomic E-state index is 0.0536. The van der Waals surface area contributed by atoms with Crippen LogP contribution in [-0.4, -0.2) is 43.4 Å². The third kappa shape index (κ3) is 6.66. The molecule has 2 aromatic rings. The van der Waals surface area contributed by atoms with Crippen LogP contribution in [0.4, 0.5) is 5.69 Å². The zero-order valence-electron chi connectivity index (χ0n) is 19.2. The van der Waals surface area contributed by atoms with Crippen molar-refractivity contribution in [3.63, 3.8) is 0 Å². The highest BCUT2D eigenvalue weighted by Gasteiger charge is 2.21. The molecular formula is C26H35N3O2. The van der Waals surface area contributed by atoms with E-state index in [-0.39, 0.29) is 23.8 Å². The van der Waals surface area contributed by atoms with Crippen molar-refractivity contribution in [2.75, 3.05) is 26.0 Å². The van der Waals surface area contributed by atoms with E-state index < -0.39 is 0 Å². The van der Waals surface area contributed by atoms with Gasteiger partial charge < -0.3 is 15.5 Å². The highest BCUT2D eigenvalue weighted by molar-refractivity contribution is 5.99. The topological polar surface area (TPSA) is 61.4 Å². The molecular weight excluding hydrogens is 386 g/mol. The molecule has 2 aromatic carbocycles. The second kappa shape index (κ2) is 10.6. The van der Waals surface area contributed by atoms with Crippen LogP contribution in [0.3, 0.4) is 0 Å². The predicted octanol–water partition coefficient (Wildman–Crippen LogP) is 3.99. The first kappa shape index (κ1) is 23.0. The van der Waals surface area contributed by atoms with E-state index in [0.29, 0.717) is 25.3 Å². The van der Waals surface area contributed by atoms with Crippen molar-refractivity contribution in [3.8, 4) is 0 Å². The molecule has 31 heavy (non-hydrogen) atoms. The number of hydrogen-bond acceptors (Lipinski definition) is 3. The van der Waals surface area contributed by atoms with Gasteiger partial charge in [-0.25, -0.2) is 0 Å². The number of hydrogen-bond donors (Lipinski definition) is 2. The number of carbonyl (C=O) groups is 2. The summed E-state index contributed by atoms with van der Waals surface area (Å²) in [6.07, 6.45) is 2.78. The van der Waals surface area contributed by atoms with Gasteiger partial charge in [-0.3, -0.25) is 9.59 Å². The summed E-state index contributed by atoms with van der Waals surface area (Å²) in [7, 11) is 4.08. The van der Waals surface area contributed by atoms with Crippen LogP contribution in [0.25, 0.3) is 0 Å². The fourth-order valence-corrected chi connectivity index (χ4v) is 4.28. The number of rotatable bonds is 10. The van der Waals surface area contributed by atoms with Gasteiger partial charge in [0.2, 0.25) is 11.8 Å². The molecule has 0 saturated carbocycles. The number of nitrogens with one attached hydrogen (secondary N) is 2. The number of benzene rings is 2. The van der Waals surface area contributed by atoms with E-state index in [9.17, 15) is 9.59 Å².